The molecule has 130 valence electrons. The average molecular weight is 325 g/mol. The van der Waals surface area contributed by atoms with E-state index in [2.05, 4.69) is 43.7 Å². The van der Waals surface area contributed by atoms with Crippen molar-refractivity contribution in [3.05, 3.63) is 52.6 Å². The summed E-state index contributed by atoms with van der Waals surface area (Å²) in [6, 6.07) is 4.23. The van der Waals surface area contributed by atoms with E-state index in [1.165, 1.54) is 5.22 Å². The lowest BCUT2D eigenvalue weighted by Gasteiger charge is -1.93. The molecule has 0 radical (unpaired) electrons. The van der Waals surface area contributed by atoms with E-state index in [0.717, 1.165) is 27.5 Å². The zero-order valence-electron chi connectivity index (χ0n) is 16.3. The molecule has 1 nitrogen and oxygen atoms in total. The Morgan fingerprint density at radius 3 is 2.08 bits per heavy atom. The molecule has 1 aromatic heterocycles. The molecule has 0 unspecified atom stereocenters. The number of terminal acetylenes is 1. The standard InChI is InChI=1S/C17H18O.2C2H6.C2H2/c1-5-8-9-13-10-11-16-14(6-2)12(4)18-17(16)15(13)7-3;3*1-2/h5-11H,2H2,1,3-4H3;2*1-2H3;1-2H/b8-5-,13-9-,15-7+;;;. The van der Waals surface area contributed by atoms with E-state index in [-0.39, 0.29) is 0 Å². The second-order valence-corrected chi connectivity index (χ2v) is 4.20. The highest BCUT2D eigenvalue weighted by molar-refractivity contribution is 5.89. The number of furan rings is 1. The first-order valence-corrected chi connectivity index (χ1v) is 8.50. The van der Waals surface area contributed by atoms with Crippen molar-refractivity contribution in [3.8, 4) is 12.8 Å². The minimum absolute atomic E-state index is 0.922. The van der Waals surface area contributed by atoms with Crippen LogP contribution in [-0.4, -0.2) is 0 Å². The number of rotatable bonds is 2. The maximum Gasteiger partial charge on any atom is 0.142 e. The number of allylic oxidation sites excluding steroid dienone is 2. The average Bonchev–Trinajstić information content (AvgIpc) is 2.99. The molecular weight excluding hydrogens is 292 g/mol. The normalized spacial score (nSPS) is 11.0. The van der Waals surface area contributed by atoms with Crippen molar-refractivity contribution in [2.75, 3.05) is 0 Å². The van der Waals surface area contributed by atoms with Crippen molar-refractivity contribution >= 4 is 29.2 Å². The van der Waals surface area contributed by atoms with Crippen molar-refractivity contribution in [2.45, 2.75) is 48.5 Å². The highest BCUT2D eigenvalue weighted by atomic mass is 16.3. The van der Waals surface area contributed by atoms with Gasteiger partial charge < -0.3 is 4.42 Å². The second-order valence-electron chi connectivity index (χ2n) is 4.20. The first-order valence-electron chi connectivity index (χ1n) is 8.50. The van der Waals surface area contributed by atoms with Crippen LogP contribution >= 0.6 is 0 Å². The maximum absolute atomic E-state index is 5.89. The van der Waals surface area contributed by atoms with E-state index in [4.69, 9.17) is 4.42 Å². The first kappa shape index (κ1) is 23.8. The van der Waals surface area contributed by atoms with Crippen LogP contribution in [0.15, 0.2) is 35.3 Å². The van der Waals surface area contributed by atoms with Gasteiger partial charge in [-0.15, -0.1) is 12.8 Å². The molecule has 1 heterocycles. The molecule has 0 atom stereocenters. The van der Waals surface area contributed by atoms with Crippen LogP contribution in [0.3, 0.4) is 0 Å². The van der Waals surface area contributed by atoms with Crippen molar-refractivity contribution in [1.82, 2.24) is 0 Å². The summed E-state index contributed by atoms with van der Waals surface area (Å²) < 4.78 is 5.89. The lowest BCUT2D eigenvalue weighted by atomic mass is 10.1. The summed E-state index contributed by atoms with van der Waals surface area (Å²) in [5.74, 6) is 0.922. The minimum Gasteiger partial charge on any atom is -0.460 e. The lowest BCUT2D eigenvalue weighted by Crippen LogP contribution is -2.23. The van der Waals surface area contributed by atoms with Gasteiger partial charge in [0.15, 0.2) is 0 Å². The summed E-state index contributed by atoms with van der Waals surface area (Å²) in [4.78, 5) is 0. The number of aryl methyl sites for hydroxylation is 1. The Morgan fingerprint density at radius 2 is 1.62 bits per heavy atom. The third kappa shape index (κ3) is 5.63. The molecule has 0 fully saturated rings. The zero-order chi connectivity index (χ0) is 19.1. The van der Waals surface area contributed by atoms with Gasteiger partial charge in [-0.2, -0.15) is 0 Å². The van der Waals surface area contributed by atoms with Crippen molar-refractivity contribution in [2.24, 2.45) is 0 Å². The van der Waals surface area contributed by atoms with Crippen LogP contribution in [0.4, 0.5) is 0 Å². The molecule has 0 amide bonds. The van der Waals surface area contributed by atoms with E-state index in [1.807, 2.05) is 66.7 Å². The molecule has 2 rings (SSSR count). The Morgan fingerprint density at radius 1 is 1.04 bits per heavy atom. The van der Waals surface area contributed by atoms with Crippen LogP contribution in [0, 0.1) is 19.8 Å². The third-order valence-corrected chi connectivity index (χ3v) is 3.12. The minimum atomic E-state index is 0.922. The molecule has 0 spiro atoms. The van der Waals surface area contributed by atoms with Gasteiger partial charge in [-0.25, -0.2) is 0 Å². The number of hydrogen-bond donors (Lipinski definition) is 0. The molecule has 0 aliphatic carbocycles. The molecule has 1 heteroatoms. The van der Waals surface area contributed by atoms with Gasteiger partial charge in [-0.05, 0) is 32.1 Å². The van der Waals surface area contributed by atoms with Gasteiger partial charge in [0.05, 0.1) is 0 Å². The van der Waals surface area contributed by atoms with Crippen LogP contribution in [0.1, 0.15) is 52.9 Å². The Bertz CT molecular complexity index is 768. The van der Waals surface area contributed by atoms with Crippen LogP contribution in [0.2, 0.25) is 0 Å². The fourth-order valence-electron chi connectivity index (χ4n) is 2.23. The highest BCUT2D eigenvalue weighted by Gasteiger charge is 2.08. The van der Waals surface area contributed by atoms with Crippen LogP contribution in [0.25, 0.3) is 29.2 Å². The zero-order valence-corrected chi connectivity index (χ0v) is 16.3. The highest BCUT2D eigenvalue weighted by Crippen LogP contribution is 2.22. The molecule has 0 aliphatic heterocycles. The van der Waals surface area contributed by atoms with E-state index in [9.17, 15) is 0 Å². The van der Waals surface area contributed by atoms with Gasteiger partial charge in [0.25, 0.3) is 0 Å². The molecular formula is C23H32O. The molecule has 0 N–H and O–H groups in total. The maximum atomic E-state index is 5.89. The molecule has 0 bridgehead atoms. The Kier molecular flexibility index (Phi) is 14.0. The van der Waals surface area contributed by atoms with E-state index in [1.54, 1.807) is 0 Å². The van der Waals surface area contributed by atoms with Crippen molar-refractivity contribution in [1.29, 1.82) is 0 Å². The van der Waals surface area contributed by atoms with E-state index < -0.39 is 0 Å². The van der Waals surface area contributed by atoms with E-state index >= 15 is 0 Å². The molecule has 2 aromatic rings. The molecule has 0 aliphatic rings. The predicted molar refractivity (Wildman–Crippen MR) is 112 cm³/mol. The largest absolute Gasteiger partial charge is 0.460 e. The third-order valence-electron chi connectivity index (χ3n) is 3.12. The molecule has 0 saturated carbocycles. The summed E-state index contributed by atoms with van der Waals surface area (Å²) in [6.07, 6.45) is 18.1. The first-order chi connectivity index (χ1) is 11.7. The van der Waals surface area contributed by atoms with Crippen LogP contribution in [-0.2, 0) is 0 Å². The Labute approximate surface area is 148 Å². The molecule has 1 aromatic carbocycles. The summed E-state index contributed by atoms with van der Waals surface area (Å²) in [5, 5.41) is 3.45. The fraction of sp³-hybridized carbons (Fsp3) is 0.304. The monoisotopic (exact) mass is 324 g/mol. The van der Waals surface area contributed by atoms with Crippen molar-refractivity contribution in [3.63, 3.8) is 0 Å². The van der Waals surface area contributed by atoms with Gasteiger partial charge in [-0.3, -0.25) is 0 Å². The SMILES string of the molecule is C#C.C=Cc1c(C)oc2c(=C/C)/c(=C\C=C/C)ccc12.CC.CC. The molecule has 0 saturated heterocycles. The van der Waals surface area contributed by atoms with Gasteiger partial charge in [0.1, 0.15) is 11.3 Å². The lowest BCUT2D eigenvalue weighted by molar-refractivity contribution is 0.575. The fourth-order valence-corrected chi connectivity index (χ4v) is 2.23. The number of benzene rings is 1. The smallest absolute Gasteiger partial charge is 0.142 e. The van der Waals surface area contributed by atoms with Crippen LogP contribution < -0.4 is 10.4 Å². The Hall–Kier alpha value is -2.46. The van der Waals surface area contributed by atoms with Crippen LogP contribution in [0.5, 0.6) is 0 Å². The van der Waals surface area contributed by atoms with Gasteiger partial charge in [-0.1, -0.05) is 70.7 Å². The summed E-state index contributed by atoms with van der Waals surface area (Å²) in [6.45, 7) is 17.9. The van der Waals surface area contributed by atoms with Gasteiger partial charge >= 0.3 is 0 Å². The van der Waals surface area contributed by atoms with Gasteiger partial charge in [0, 0.05) is 16.2 Å². The number of hydrogen-bond acceptors (Lipinski definition) is 1. The quantitative estimate of drug-likeness (QED) is 0.632. The second kappa shape index (κ2) is 14.2. The predicted octanol–water partition coefficient (Wildman–Crippen LogP) is 5.84. The number of fused-ring (bicyclic) bond motifs is 1. The van der Waals surface area contributed by atoms with E-state index in [0.29, 0.717) is 0 Å². The Balaban J connectivity index is 0. The van der Waals surface area contributed by atoms with Gasteiger partial charge in [0.2, 0.25) is 0 Å². The molecule has 24 heavy (non-hydrogen) atoms. The van der Waals surface area contributed by atoms with Crippen molar-refractivity contribution < 1.29 is 4.42 Å². The topological polar surface area (TPSA) is 13.1 Å². The summed E-state index contributed by atoms with van der Waals surface area (Å²) >= 11 is 0. The summed E-state index contributed by atoms with van der Waals surface area (Å²) in [7, 11) is 0. The summed E-state index contributed by atoms with van der Waals surface area (Å²) in [5.41, 5.74) is 2.04.